The van der Waals surface area contributed by atoms with Crippen molar-refractivity contribution in [1.29, 1.82) is 0 Å². The maximum atomic E-state index is 12.5. The number of aromatic nitrogens is 1. The van der Waals surface area contributed by atoms with E-state index in [0.717, 1.165) is 29.7 Å². The van der Waals surface area contributed by atoms with Crippen molar-refractivity contribution in [2.75, 3.05) is 10.0 Å². The molecule has 10 heteroatoms. The molecule has 0 aliphatic carbocycles. The Bertz CT molecular complexity index is 1090. The lowest BCUT2D eigenvalue weighted by Gasteiger charge is -2.11. The van der Waals surface area contributed by atoms with Crippen LogP contribution in [0.15, 0.2) is 65.7 Å². The van der Waals surface area contributed by atoms with Gasteiger partial charge in [0.2, 0.25) is 0 Å². The van der Waals surface area contributed by atoms with Crippen molar-refractivity contribution in [2.45, 2.75) is 11.1 Å². The Hall–Kier alpha value is -3.14. The van der Waals surface area contributed by atoms with E-state index >= 15 is 0 Å². The number of amides is 1. The van der Waals surface area contributed by atoms with Crippen molar-refractivity contribution in [3.05, 3.63) is 60.8 Å². The number of sulfonamides is 1. The fourth-order valence-corrected chi connectivity index (χ4v) is 3.38. The molecule has 0 saturated carbocycles. The SMILES string of the molecule is O=C(Nc1ccc(S(=O)(=O)Nc2cccc3cccnc23)cc1)C(F)(F)F. The highest BCUT2D eigenvalue weighted by Crippen LogP contribution is 2.25. The van der Waals surface area contributed by atoms with Crippen LogP contribution in [0, 0.1) is 0 Å². The molecule has 0 aliphatic rings. The minimum atomic E-state index is -5.03. The molecule has 0 saturated heterocycles. The van der Waals surface area contributed by atoms with Crippen LogP contribution < -0.4 is 10.0 Å². The molecule has 0 bridgehead atoms. The number of carbonyl (C=O) groups excluding carboxylic acids is 1. The minimum Gasteiger partial charge on any atom is -0.318 e. The number of halogens is 3. The predicted octanol–water partition coefficient (Wildman–Crippen LogP) is 3.54. The van der Waals surface area contributed by atoms with E-state index in [1.807, 2.05) is 0 Å². The highest BCUT2D eigenvalue weighted by molar-refractivity contribution is 7.92. The van der Waals surface area contributed by atoms with Crippen LogP contribution in [0.1, 0.15) is 0 Å². The topological polar surface area (TPSA) is 88.2 Å². The van der Waals surface area contributed by atoms with E-state index in [1.165, 1.54) is 6.20 Å². The first-order valence-corrected chi connectivity index (χ1v) is 9.00. The summed E-state index contributed by atoms with van der Waals surface area (Å²) in [5.74, 6) is -2.14. The molecule has 3 aromatic rings. The normalized spacial score (nSPS) is 12.0. The maximum Gasteiger partial charge on any atom is 0.471 e. The molecule has 1 amide bonds. The van der Waals surface area contributed by atoms with Crippen LogP contribution in [0.4, 0.5) is 24.5 Å². The Labute approximate surface area is 152 Å². The first-order chi connectivity index (χ1) is 12.7. The Balaban J connectivity index is 1.84. The second-order valence-electron chi connectivity index (χ2n) is 5.46. The monoisotopic (exact) mass is 395 g/mol. The van der Waals surface area contributed by atoms with E-state index in [4.69, 9.17) is 0 Å². The Morgan fingerprint density at radius 2 is 1.63 bits per heavy atom. The summed E-state index contributed by atoms with van der Waals surface area (Å²) >= 11 is 0. The number of hydrogen-bond acceptors (Lipinski definition) is 4. The summed E-state index contributed by atoms with van der Waals surface area (Å²) in [6, 6.07) is 12.8. The number of hydrogen-bond donors (Lipinski definition) is 2. The summed E-state index contributed by atoms with van der Waals surface area (Å²) in [6.07, 6.45) is -3.51. The first-order valence-electron chi connectivity index (χ1n) is 7.52. The van der Waals surface area contributed by atoms with E-state index < -0.39 is 22.1 Å². The summed E-state index contributed by atoms with van der Waals surface area (Å²) in [5, 5.41) is 2.38. The van der Waals surface area contributed by atoms with Gasteiger partial charge < -0.3 is 5.32 Å². The fraction of sp³-hybridized carbons (Fsp3) is 0.0588. The average molecular weight is 395 g/mol. The lowest BCUT2D eigenvalue weighted by molar-refractivity contribution is -0.167. The molecule has 0 aliphatic heterocycles. The van der Waals surface area contributed by atoms with Crippen molar-refractivity contribution in [3.8, 4) is 0 Å². The smallest absolute Gasteiger partial charge is 0.318 e. The molecular formula is C17H12F3N3O3S. The zero-order chi connectivity index (χ0) is 19.7. The molecule has 0 spiro atoms. The van der Waals surface area contributed by atoms with E-state index in [9.17, 15) is 26.4 Å². The lowest BCUT2D eigenvalue weighted by atomic mass is 10.2. The Kier molecular flexibility index (Phi) is 4.75. The van der Waals surface area contributed by atoms with Crippen LogP contribution in [-0.4, -0.2) is 25.5 Å². The van der Waals surface area contributed by atoms with Crippen LogP contribution in [0.5, 0.6) is 0 Å². The van der Waals surface area contributed by atoms with Crippen molar-refractivity contribution in [3.63, 3.8) is 0 Å². The Morgan fingerprint density at radius 3 is 2.30 bits per heavy atom. The molecule has 0 unspecified atom stereocenters. The van der Waals surface area contributed by atoms with Crippen LogP contribution >= 0.6 is 0 Å². The number of rotatable bonds is 4. The highest BCUT2D eigenvalue weighted by Gasteiger charge is 2.38. The fourth-order valence-electron chi connectivity index (χ4n) is 2.31. The van der Waals surface area contributed by atoms with Gasteiger partial charge in [0.15, 0.2) is 0 Å². The number of para-hydroxylation sites is 1. The summed E-state index contributed by atoms with van der Waals surface area (Å²) in [6.45, 7) is 0. The molecule has 1 aromatic heterocycles. The van der Waals surface area contributed by atoms with Crippen molar-refractivity contribution in [2.24, 2.45) is 0 Å². The van der Waals surface area contributed by atoms with Gasteiger partial charge in [0.05, 0.1) is 16.1 Å². The molecule has 6 nitrogen and oxygen atoms in total. The summed E-state index contributed by atoms with van der Waals surface area (Å²) < 4.78 is 64.2. The molecule has 2 N–H and O–H groups in total. The third-order valence-electron chi connectivity index (χ3n) is 3.56. The van der Waals surface area contributed by atoms with Gasteiger partial charge in [0.25, 0.3) is 10.0 Å². The number of nitrogens with one attached hydrogen (secondary N) is 2. The average Bonchev–Trinajstić information content (AvgIpc) is 2.61. The molecule has 0 fully saturated rings. The molecular weight excluding hydrogens is 383 g/mol. The highest BCUT2D eigenvalue weighted by atomic mass is 32.2. The van der Waals surface area contributed by atoms with Gasteiger partial charge in [0, 0.05) is 17.3 Å². The van der Waals surface area contributed by atoms with E-state index in [0.29, 0.717) is 5.52 Å². The third kappa shape index (κ3) is 4.17. The molecule has 1 heterocycles. The number of fused-ring (bicyclic) bond motifs is 1. The minimum absolute atomic E-state index is 0.178. The summed E-state index contributed by atoms with van der Waals surface area (Å²) in [4.78, 5) is 14.9. The summed E-state index contributed by atoms with van der Waals surface area (Å²) in [5.41, 5.74) is 0.545. The van der Waals surface area contributed by atoms with Gasteiger partial charge in [-0.1, -0.05) is 18.2 Å². The van der Waals surface area contributed by atoms with Gasteiger partial charge in [0.1, 0.15) is 0 Å². The van der Waals surface area contributed by atoms with Crippen molar-refractivity contribution >= 4 is 38.2 Å². The van der Waals surface area contributed by atoms with E-state index in [2.05, 4.69) is 9.71 Å². The lowest BCUT2D eigenvalue weighted by Crippen LogP contribution is -2.29. The van der Waals surface area contributed by atoms with Gasteiger partial charge >= 0.3 is 12.1 Å². The van der Waals surface area contributed by atoms with Gasteiger partial charge in [-0.05, 0) is 36.4 Å². The number of alkyl halides is 3. The van der Waals surface area contributed by atoms with Gasteiger partial charge in [-0.2, -0.15) is 13.2 Å². The van der Waals surface area contributed by atoms with Crippen LogP contribution in [0.2, 0.25) is 0 Å². The molecule has 0 radical (unpaired) electrons. The number of benzene rings is 2. The van der Waals surface area contributed by atoms with Gasteiger partial charge in [-0.15, -0.1) is 0 Å². The predicted molar refractivity (Wildman–Crippen MR) is 93.7 cm³/mol. The number of anilines is 2. The van der Waals surface area contributed by atoms with Crippen molar-refractivity contribution in [1.82, 2.24) is 4.98 Å². The largest absolute Gasteiger partial charge is 0.471 e. The summed E-state index contributed by atoms with van der Waals surface area (Å²) in [7, 11) is -4.00. The quantitative estimate of drug-likeness (QED) is 0.707. The van der Waals surface area contributed by atoms with E-state index in [1.54, 1.807) is 35.6 Å². The van der Waals surface area contributed by atoms with Crippen LogP contribution in [-0.2, 0) is 14.8 Å². The van der Waals surface area contributed by atoms with Crippen LogP contribution in [0.25, 0.3) is 10.9 Å². The molecule has 140 valence electrons. The first kappa shape index (κ1) is 18.6. The number of pyridine rings is 1. The van der Waals surface area contributed by atoms with Gasteiger partial charge in [-0.25, -0.2) is 8.42 Å². The molecule has 0 atom stereocenters. The van der Waals surface area contributed by atoms with Crippen LogP contribution in [0.3, 0.4) is 0 Å². The molecule has 27 heavy (non-hydrogen) atoms. The second kappa shape index (κ2) is 6.88. The number of carbonyl (C=O) groups is 1. The molecule has 3 rings (SSSR count). The maximum absolute atomic E-state index is 12.5. The van der Waals surface area contributed by atoms with Gasteiger partial charge in [-0.3, -0.25) is 14.5 Å². The number of nitrogens with zero attached hydrogens (tertiary/aromatic N) is 1. The molecule has 2 aromatic carbocycles. The Morgan fingerprint density at radius 1 is 0.963 bits per heavy atom. The third-order valence-corrected chi connectivity index (χ3v) is 4.94. The second-order valence-corrected chi connectivity index (χ2v) is 7.14. The standard InChI is InChI=1S/C17H12F3N3O3S/c18-17(19,20)16(24)22-12-6-8-13(9-7-12)27(25,26)23-14-5-1-3-11-4-2-10-21-15(11)14/h1-10,23H,(H,22,24). The zero-order valence-electron chi connectivity index (χ0n) is 13.5. The zero-order valence-corrected chi connectivity index (χ0v) is 14.3. The van der Waals surface area contributed by atoms with E-state index in [-0.39, 0.29) is 16.3 Å². The van der Waals surface area contributed by atoms with Crippen molar-refractivity contribution < 1.29 is 26.4 Å².